The largest absolute Gasteiger partial charge is 0.316 e. The summed E-state index contributed by atoms with van der Waals surface area (Å²) in [6.45, 7) is 10.5. The Bertz CT molecular complexity index is 316. The van der Waals surface area contributed by atoms with E-state index in [0.29, 0.717) is 11.8 Å². The molecule has 94 valence electrons. The van der Waals surface area contributed by atoms with Crippen molar-refractivity contribution < 1.29 is 0 Å². The van der Waals surface area contributed by atoms with Crippen LogP contribution in [0.2, 0.25) is 0 Å². The predicted octanol–water partition coefficient (Wildman–Crippen LogP) is 3.54. The van der Waals surface area contributed by atoms with Gasteiger partial charge in [-0.1, -0.05) is 37.3 Å². The van der Waals surface area contributed by atoms with Gasteiger partial charge in [0.25, 0.3) is 0 Å². The Balaban J connectivity index is 2.21. The van der Waals surface area contributed by atoms with Crippen LogP contribution < -0.4 is 5.32 Å². The lowest BCUT2D eigenvalue weighted by atomic mass is 9.98. The van der Waals surface area contributed by atoms with Crippen molar-refractivity contribution in [3.63, 3.8) is 0 Å². The van der Waals surface area contributed by atoms with Gasteiger partial charge in [-0.3, -0.25) is 0 Å². The van der Waals surface area contributed by atoms with Crippen LogP contribution in [0.1, 0.15) is 39.5 Å². The zero-order chi connectivity index (χ0) is 12.5. The third-order valence-electron chi connectivity index (χ3n) is 3.33. The Morgan fingerprint density at radius 2 is 2.47 bits per heavy atom. The highest BCUT2D eigenvalue weighted by molar-refractivity contribution is 5.24. The lowest BCUT2D eigenvalue weighted by molar-refractivity contribution is 0.533. The highest BCUT2D eigenvalue weighted by Crippen LogP contribution is 2.18. The lowest BCUT2D eigenvalue weighted by Gasteiger charge is -2.13. The van der Waals surface area contributed by atoms with Gasteiger partial charge in [0.05, 0.1) is 0 Å². The molecule has 1 heteroatoms. The fourth-order valence-corrected chi connectivity index (χ4v) is 2.07. The fraction of sp³-hybridized carbons (Fsp3) is 0.625. The average molecular weight is 231 g/mol. The zero-order valence-electron chi connectivity index (χ0n) is 11.3. The highest BCUT2D eigenvalue weighted by atomic mass is 14.8. The number of hydrogen-bond donors (Lipinski definition) is 1. The van der Waals surface area contributed by atoms with Crippen LogP contribution >= 0.6 is 0 Å². The van der Waals surface area contributed by atoms with E-state index in [9.17, 15) is 0 Å². The summed E-state index contributed by atoms with van der Waals surface area (Å²) < 4.78 is 0. The molecule has 0 aromatic rings. The smallest absolute Gasteiger partial charge is 0.0121 e. The van der Waals surface area contributed by atoms with E-state index in [-0.39, 0.29) is 0 Å². The van der Waals surface area contributed by atoms with Crippen LogP contribution in [-0.2, 0) is 0 Å². The van der Waals surface area contributed by atoms with Crippen molar-refractivity contribution in [3.8, 4) is 11.8 Å². The van der Waals surface area contributed by atoms with Crippen molar-refractivity contribution in [2.45, 2.75) is 39.5 Å². The van der Waals surface area contributed by atoms with Gasteiger partial charge in [0.2, 0.25) is 0 Å². The molecule has 2 atom stereocenters. The molecule has 1 N–H and O–H groups in total. The second-order valence-corrected chi connectivity index (χ2v) is 5.00. The molecule has 2 unspecified atom stereocenters. The summed E-state index contributed by atoms with van der Waals surface area (Å²) in [4.78, 5) is 0. The van der Waals surface area contributed by atoms with Gasteiger partial charge < -0.3 is 5.32 Å². The molecule has 1 aliphatic rings. The molecule has 0 spiro atoms. The van der Waals surface area contributed by atoms with Crippen LogP contribution in [0.25, 0.3) is 0 Å². The molecule has 0 bridgehead atoms. The average Bonchev–Trinajstić information content (AvgIpc) is 2.54. The molecule has 0 aromatic heterocycles. The molecule has 0 heterocycles. The molecular formula is C16H25N. The molecule has 0 saturated carbocycles. The molecule has 0 aliphatic heterocycles. The summed E-state index contributed by atoms with van der Waals surface area (Å²) in [6.07, 6.45) is 8.71. The van der Waals surface area contributed by atoms with Crippen molar-refractivity contribution >= 4 is 0 Å². The maximum absolute atomic E-state index is 3.85. The molecule has 1 aliphatic carbocycles. The van der Waals surface area contributed by atoms with E-state index in [1.54, 1.807) is 0 Å². The quantitative estimate of drug-likeness (QED) is 0.401. The maximum atomic E-state index is 3.85. The van der Waals surface area contributed by atoms with Gasteiger partial charge >= 0.3 is 0 Å². The Hall–Kier alpha value is -1.00. The van der Waals surface area contributed by atoms with Gasteiger partial charge in [-0.2, -0.15) is 0 Å². The summed E-state index contributed by atoms with van der Waals surface area (Å²) in [7, 11) is 0. The van der Waals surface area contributed by atoms with E-state index in [0.717, 1.165) is 25.9 Å². The van der Waals surface area contributed by atoms with E-state index >= 15 is 0 Å². The van der Waals surface area contributed by atoms with Gasteiger partial charge in [-0.05, 0) is 43.7 Å². The minimum Gasteiger partial charge on any atom is -0.316 e. The van der Waals surface area contributed by atoms with E-state index in [1.807, 2.05) is 6.08 Å². The zero-order valence-corrected chi connectivity index (χ0v) is 11.3. The van der Waals surface area contributed by atoms with Gasteiger partial charge in [-0.15, -0.1) is 6.58 Å². The summed E-state index contributed by atoms with van der Waals surface area (Å²) in [5, 5.41) is 3.51. The van der Waals surface area contributed by atoms with Crippen LogP contribution in [0.4, 0.5) is 0 Å². The Morgan fingerprint density at radius 1 is 1.65 bits per heavy atom. The van der Waals surface area contributed by atoms with Gasteiger partial charge in [0.1, 0.15) is 0 Å². The standard InChI is InChI=1S/C16H25N/c1-4-15(5-2)13-17-11-10-16-9-7-6-8-14(3)12-16/h4,9,14-15,17H,1,5,8,10-13H2,2-3H3. The Labute approximate surface area is 106 Å². The molecule has 0 saturated heterocycles. The number of nitrogens with one attached hydrogen (secondary N) is 1. The molecule has 17 heavy (non-hydrogen) atoms. The third kappa shape index (κ3) is 5.75. The van der Waals surface area contributed by atoms with Gasteiger partial charge in [-0.25, -0.2) is 0 Å². The first-order chi connectivity index (χ1) is 8.26. The fourth-order valence-electron chi connectivity index (χ4n) is 2.07. The van der Waals surface area contributed by atoms with Gasteiger partial charge in [0.15, 0.2) is 0 Å². The van der Waals surface area contributed by atoms with Crippen molar-refractivity contribution in [2.24, 2.45) is 11.8 Å². The van der Waals surface area contributed by atoms with Crippen LogP contribution in [0.15, 0.2) is 24.3 Å². The summed E-state index contributed by atoms with van der Waals surface area (Å²) in [6, 6.07) is 0. The molecular weight excluding hydrogens is 206 g/mol. The van der Waals surface area contributed by atoms with E-state index < -0.39 is 0 Å². The van der Waals surface area contributed by atoms with Crippen LogP contribution in [-0.4, -0.2) is 13.1 Å². The van der Waals surface area contributed by atoms with Crippen molar-refractivity contribution in [1.82, 2.24) is 5.32 Å². The minimum absolute atomic E-state index is 0.608. The topological polar surface area (TPSA) is 12.0 Å². The number of rotatable bonds is 7. The first-order valence-electron chi connectivity index (χ1n) is 6.75. The molecule has 0 amide bonds. The molecule has 1 rings (SSSR count). The number of allylic oxidation sites excluding steroid dienone is 1. The van der Waals surface area contributed by atoms with Gasteiger partial charge in [0, 0.05) is 13.0 Å². The van der Waals surface area contributed by atoms with Crippen LogP contribution in [0.5, 0.6) is 0 Å². The van der Waals surface area contributed by atoms with Crippen molar-refractivity contribution in [2.75, 3.05) is 13.1 Å². The molecule has 1 nitrogen and oxygen atoms in total. The molecule has 0 fully saturated rings. The Kier molecular flexibility index (Phi) is 6.74. The molecule has 0 radical (unpaired) electrons. The first-order valence-corrected chi connectivity index (χ1v) is 6.75. The van der Waals surface area contributed by atoms with Crippen molar-refractivity contribution in [3.05, 3.63) is 24.3 Å². The second-order valence-electron chi connectivity index (χ2n) is 5.00. The predicted molar refractivity (Wildman–Crippen MR) is 75.7 cm³/mol. The lowest BCUT2D eigenvalue weighted by Crippen LogP contribution is -2.22. The Morgan fingerprint density at radius 3 is 3.18 bits per heavy atom. The number of hydrogen-bond acceptors (Lipinski definition) is 1. The van der Waals surface area contributed by atoms with Crippen molar-refractivity contribution in [1.29, 1.82) is 0 Å². The monoisotopic (exact) mass is 231 g/mol. The van der Waals surface area contributed by atoms with Crippen LogP contribution in [0, 0.1) is 23.7 Å². The summed E-state index contributed by atoms with van der Waals surface area (Å²) >= 11 is 0. The van der Waals surface area contributed by atoms with E-state index in [2.05, 4.69) is 43.7 Å². The molecule has 0 aromatic carbocycles. The minimum atomic E-state index is 0.608. The highest BCUT2D eigenvalue weighted by Gasteiger charge is 2.07. The van der Waals surface area contributed by atoms with E-state index in [4.69, 9.17) is 0 Å². The normalized spacial score (nSPS) is 20.8. The summed E-state index contributed by atoms with van der Waals surface area (Å²) in [5.74, 6) is 7.66. The third-order valence-corrected chi connectivity index (χ3v) is 3.33. The van der Waals surface area contributed by atoms with E-state index in [1.165, 1.54) is 18.4 Å². The maximum Gasteiger partial charge on any atom is 0.0121 e. The SMILES string of the molecule is C=CC(CC)CNCCC1=CC#CCC(C)C1. The first kappa shape index (κ1) is 14.1. The second kappa shape index (κ2) is 8.14. The van der Waals surface area contributed by atoms with Crippen LogP contribution in [0.3, 0.4) is 0 Å². The summed E-state index contributed by atoms with van der Waals surface area (Å²) in [5.41, 5.74) is 1.50.